The summed E-state index contributed by atoms with van der Waals surface area (Å²) in [5.74, 6) is 0.668. The molecule has 1 unspecified atom stereocenters. The van der Waals surface area contributed by atoms with Crippen molar-refractivity contribution < 1.29 is 13.2 Å². The van der Waals surface area contributed by atoms with Gasteiger partial charge in [-0.2, -0.15) is 0 Å². The normalized spacial score (nSPS) is 17.5. The highest BCUT2D eigenvalue weighted by atomic mass is 32.2. The van der Waals surface area contributed by atoms with Crippen LogP contribution in [0.15, 0.2) is 72.0 Å². The molecule has 29 heavy (non-hydrogen) atoms. The maximum absolute atomic E-state index is 13.3. The molecule has 3 aromatic rings. The summed E-state index contributed by atoms with van der Waals surface area (Å²) in [5, 5.41) is -0.383. The van der Waals surface area contributed by atoms with Gasteiger partial charge < -0.3 is 4.90 Å². The van der Waals surface area contributed by atoms with Gasteiger partial charge in [0.25, 0.3) is 10.0 Å². The summed E-state index contributed by atoms with van der Waals surface area (Å²) in [5.41, 5.74) is 2.48. The summed E-state index contributed by atoms with van der Waals surface area (Å²) in [6.45, 7) is 2.30. The molecule has 4 rings (SSSR count). The number of hydrogen-bond acceptors (Lipinski definition) is 5. The molecule has 2 aromatic heterocycles. The predicted octanol–water partition coefficient (Wildman–Crippen LogP) is 3.59. The lowest BCUT2D eigenvalue weighted by atomic mass is 10.2. The second-order valence-electron chi connectivity index (χ2n) is 6.90. The lowest BCUT2D eigenvalue weighted by Crippen LogP contribution is -2.38. The summed E-state index contributed by atoms with van der Waals surface area (Å²) in [4.78, 5) is 18.8. The number of aromatic nitrogens is 2. The van der Waals surface area contributed by atoms with Crippen LogP contribution < -0.4 is 0 Å². The number of benzene rings is 1. The number of rotatable bonds is 5. The van der Waals surface area contributed by atoms with Crippen molar-refractivity contribution in [3.63, 3.8) is 0 Å². The van der Waals surface area contributed by atoms with Crippen molar-refractivity contribution in [2.24, 2.45) is 0 Å². The molecule has 1 aliphatic heterocycles. The lowest BCUT2D eigenvalue weighted by Gasteiger charge is -2.35. The Labute approximate surface area is 174 Å². The molecule has 1 aromatic carbocycles. The smallest absolute Gasteiger partial charge is 0.267 e. The minimum absolute atomic E-state index is 0.0121. The summed E-state index contributed by atoms with van der Waals surface area (Å²) >= 11 is 1.58. The summed E-state index contributed by atoms with van der Waals surface area (Å²) < 4.78 is 27.8. The van der Waals surface area contributed by atoms with Crippen molar-refractivity contribution >= 4 is 27.7 Å². The number of carbonyl (C=O) groups excluding carboxylic acids is 1. The number of hydrogen-bond donors (Lipinski definition) is 0. The Morgan fingerprint density at radius 3 is 2.66 bits per heavy atom. The third-order valence-corrected chi connectivity index (χ3v) is 7.81. The van der Waals surface area contributed by atoms with E-state index in [2.05, 4.69) is 4.98 Å². The molecule has 150 valence electrons. The molecule has 3 heterocycles. The van der Waals surface area contributed by atoms with Crippen LogP contribution in [0.25, 0.3) is 0 Å². The molecule has 1 aliphatic rings. The molecule has 0 N–H and O–H groups in total. The van der Waals surface area contributed by atoms with Gasteiger partial charge in [0.05, 0.1) is 10.6 Å². The summed E-state index contributed by atoms with van der Waals surface area (Å²) in [6, 6.07) is 14.0. The van der Waals surface area contributed by atoms with Crippen molar-refractivity contribution in [2.45, 2.75) is 30.2 Å². The van der Waals surface area contributed by atoms with E-state index in [4.69, 9.17) is 0 Å². The SMILES string of the molecule is Cc1ccc(S(=O)(=O)n2cccc2C2SCCC(=O)N2Cc2cccnc2)cc1. The van der Waals surface area contributed by atoms with Gasteiger partial charge in [0, 0.05) is 37.3 Å². The minimum Gasteiger partial charge on any atom is -0.321 e. The fraction of sp³-hybridized carbons (Fsp3) is 0.238. The molecule has 8 heteroatoms. The highest BCUT2D eigenvalue weighted by molar-refractivity contribution is 7.99. The zero-order chi connectivity index (χ0) is 20.4. The Morgan fingerprint density at radius 1 is 1.14 bits per heavy atom. The maximum atomic E-state index is 13.3. The molecule has 0 saturated carbocycles. The zero-order valence-corrected chi connectivity index (χ0v) is 17.6. The van der Waals surface area contributed by atoms with E-state index in [1.165, 1.54) is 3.97 Å². The van der Waals surface area contributed by atoms with Gasteiger partial charge in [-0.1, -0.05) is 23.8 Å². The van der Waals surface area contributed by atoms with Crippen LogP contribution in [0, 0.1) is 6.92 Å². The maximum Gasteiger partial charge on any atom is 0.267 e. The zero-order valence-electron chi connectivity index (χ0n) is 15.9. The van der Waals surface area contributed by atoms with Gasteiger partial charge in [-0.3, -0.25) is 9.78 Å². The van der Waals surface area contributed by atoms with E-state index in [9.17, 15) is 13.2 Å². The fourth-order valence-electron chi connectivity index (χ4n) is 3.34. The third-order valence-electron chi connectivity index (χ3n) is 4.84. The standard InChI is InChI=1S/C21H21N3O3S2/c1-16-6-8-18(9-7-16)29(26,27)24-12-3-5-19(24)21-23(20(25)10-13-28-21)15-17-4-2-11-22-14-17/h2-9,11-12,14,21H,10,13,15H2,1H3. The van der Waals surface area contributed by atoms with E-state index in [1.54, 1.807) is 71.7 Å². The van der Waals surface area contributed by atoms with Crippen molar-refractivity contribution in [1.82, 2.24) is 13.9 Å². The fourth-order valence-corrected chi connectivity index (χ4v) is 6.03. The molecule has 0 aliphatic carbocycles. The van der Waals surface area contributed by atoms with Gasteiger partial charge in [-0.25, -0.2) is 12.4 Å². The minimum atomic E-state index is -3.75. The number of aryl methyl sites for hydroxylation is 1. The average molecular weight is 428 g/mol. The van der Waals surface area contributed by atoms with Crippen molar-refractivity contribution in [1.29, 1.82) is 0 Å². The molecule has 0 radical (unpaired) electrons. The van der Waals surface area contributed by atoms with Gasteiger partial charge >= 0.3 is 0 Å². The van der Waals surface area contributed by atoms with Gasteiger partial charge in [0.2, 0.25) is 5.91 Å². The molecule has 1 amide bonds. The first-order valence-electron chi connectivity index (χ1n) is 9.26. The molecule has 1 saturated heterocycles. The topological polar surface area (TPSA) is 72.3 Å². The van der Waals surface area contributed by atoms with Crippen molar-refractivity contribution in [2.75, 3.05) is 5.75 Å². The van der Waals surface area contributed by atoms with E-state index in [0.29, 0.717) is 24.4 Å². The summed E-state index contributed by atoms with van der Waals surface area (Å²) in [6.07, 6.45) is 5.40. The second kappa shape index (κ2) is 8.04. The first-order chi connectivity index (χ1) is 14.0. The number of carbonyl (C=O) groups is 1. The quantitative estimate of drug-likeness (QED) is 0.622. The van der Waals surface area contributed by atoms with Crippen LogP contribution in [0.4, 0.5) is 0 Å². The molecular formula is C21H21N3O3S2. The Morgan fingerprint density at radius 2 is 1.93 bits per heavy atom. The van der Waals surface area contributed by atoms with Gasteiger partial charge in [0.15, 0.2) is 0 Å². The highest BCUT2D eigenvalue weighted by Crippen LogP contribution is 2.39. The number of nitrogens with zero attached hydrogens (tertiary/aromatic N) is 3. The summed E-state index contributed by atoms with van der Waals surface area (Å²) in [7, 11) is -3.75. The molecule has 0 spiro atoms. The van der Waals surface area contributed by atoms with E-state index >= 15 is 0 Å². The Hall–Kier alpha value is -2.58. The Kier molecular flexibility index (Phi) is 5.47. The van der Waals surface area contributed by atoms with Crippen LogP contribution >= 0.6 is 11.8 Å². The van der Waals surface area contributed by atoms with Crippen LogP contribution in [-0.2, 0) is 21.4 Å². The first kappa shape index (κ1) is 19.7. The van der Waals surface area contributed by atoms with Gasteiger partial charge in [-0.05, 0) is 42.8 Å². The number of amides is 1. The van der Waals surface area contributed by atoms with E-state index in [-0.39, 0.29) is 16.2 Å². The Balaban J connectivity index is 1.71. The number of thioether (sulfide) groups is 1. The van der Waals surface area contributed by atoms with Gasteiger partial charge in [0.1, 0.15) is 5.37 Å². The first-order valence-corrected chi connectivity index (χ1v) is 11.8. The van der Waals surface area contributed by atoms with Crippen molar-refractivity contribution in [3.05, 3.63) is 83.9 Å². The second-order valence-corrected chi connectivity index (χ2v) is 9.91. The molecule has 0 bridgehead atoms. The average Bonchev–Trinajstić information content (AvgIpc) is 3.21. The van der Waals surface area contributed by atoms with Crippen LogP contribution in [0.5, 0.6) is 0 Å². The molecular weight excluding hydrogens is 406 g/mol. The van der Waals surface area contributed by atoms with Crippen molar-refractivity contribution in [3.8, 4) is 0 Å². The predicted molar refractivity (Wildman–Crippen MR) is 113 cm³/mol. The lowest BCUT2D eigenvalue weighted by molar-refractivity contribution is -0.132. The molecule has 1 atom stereocenters. The van der Waals surface area contributed by atoms with Crippen LogP contribution in [0.2, 0.25) is 0 Å². The highest BCUT2D eigenvalue weighted by Gasteiger charge is 2.34. The van der Waals surface area contributed by atoms with Gasteiger partial charge in [-0.15, -0.1) is 11.8 Å². The number of pyridine rings is 1. The molecule has 1 fully saturated rings. The monoisotopic (exact) mass is 427 g/mol. The van der Waals surface area contributed by atoms with E-state index in [0.717, 1.165) is 11.1 Å². The third kappa shape index (κ3) is 3.95. The van der Waals surface area contributed by atoms with E-state index in [1.807, 2.05) is 19.1 Å². The molecule has 6 nitrogen and oxygen atoms in total. The van der Waals surface area contributed by atoms with Crippen LogP contribution in [0.3, 0.4) is 0 Å². The van der Waals surface area contributed by atoms with Crippen LogP contribution in [-0.4, -0.2) is 33.9 Å². The van der Waals surface area contributed by atoms with E-state index < -0.39 is 10.0 Å². The van der Waals surface area contributed by atoms with Crippen LogP contribution in [0.1, 0.15) is 28.6 Å². The largest absolute Gasteiger partial charge is 0.321 e. The Bertz CT molecular complexity index is 1110.